The predicted molar refractivity (Wildman–Crippen MR) is 268 cm³/mol. The van der Waals surface area contributed by atoms with Crippen molar-refractivity contribution in [3.05, 3.63) is 228 Å². The lowest BCUT2D eigenvalue weighted by Crippen LogP contribution is -2.35. The first-order valence-electron chi connectivity index (χ1n) is 23.5. The Balaban J connectivity index is 0.863. The molecule has 1 fully saturated rings. The van der Waals surface area contributed by atoms with Crippen molar-refractivity contribution in [1.29, 1.82) is 0 Å². The molecule has 64 heavy (non-hydrogen) atoms. The molecule has 1 saturated carbocycles. The molecule has 4 aliphatic rings. The van der Waals surface area contributed by atoms with Crippen LogP contribution in [0.3, 0.4) is 0 Å². The number of fused-ring (bicyclic) bond motifs is 8. The summed E-state index contributed by atoms with van der Waals surface area (Å²) in [6.07, 6.45) is 12.1. The Labute approximate surface area is 378 Å². The fourth-order valence-electron chi connectivity index (χ4n) is 12.3. The van der Waals surface area contributed by atoms with Crippen LogP contribution in [0, 0.1) is 12.8 Å². The fourth-order valence-corrected chi connectivity index (χ4v) is 12.3. The van der Waals surface area contributed by atoms with Gasteiger partial charge in [-0.05, 0) is 127 Å². The quantitative estimate of drug-likeness (QED) is 0.163. The summed E-state index contributed by atoms with van der Waals surface area (Å²) in [5, 5.41) is 0. The van der Waals surface area contributed by atoms with Crippen molar-refractivity contribution in [3.8, 4) is 67.0 Å². The summed E-state index contributed by atoms with van der Waals surface area (Å²) >= 11 is 0. The number of nitrogens with zero attached hydrogens (tertiary/aromatic N) is 1. The number of benzene rings is 7. The molecule has 1 heterocycles. The van der Waals surface area contributed by atoms with Crippen LogP contribution < -0.4 is 0 Å². The molecule has 1 heteroatoms. The van der Waals surface area contributed by atoms with E-state index in [2.05, 4.69) is 215 Å². The Hall–Kier alpha value is -6.83. The van der Waals surface area contributed by atoms with Gasteiger partial charge in [-0.1, -0.05) is 209 Å². The summed E-state index contributed by atoms with van der Waals surface area (Å²) in [6.45, 7) is 7.12. The van der Waals surface area contributed by atoms with E-state index in [1.165, 1.54) is 104 Å². The van der Waals surface area contributed by atoms with E-state index in [4.69, 9.17) is 4.98 Å². The van der Waals surface area contributed by atoms with Gasteiger partial charge in [-0.3, -0.25) is 0 Å². The molecule has 0 saturated heterocycles. The van der Waals surface area contributed by atoms with Gasteiger partial charge in [-0.25, -0.2) is 4.98 Å². The van der Waals surface area contributed by atoms with Crippen LogP contribution in [0.25, 0.3) is 72.6 Å². The van der Waals surface area contributed by atoms with E-state index < -0.39 is 0 Å². The lowest BCUT2D eigenvalue weighted by molar-refractivity contribution is 0.233. The molecule has 1 aromatic heterocycles. The minimum Gasteiger partial charge on any atom is -0.247 e. The van der Waals surface area contributed by atoms with E-state index in [1.807, 2.05) is 0 Å². The zero-order valence-electron chi connectivity index (χ0n) is 37.1. The molecule has 12 rings (SSSR count). The highest BCUT2D eigenvalue weighted by Crippen LogP contribution is 2.64. The molecule has 0 radical (unpaired) electrons. The van der Waals surface area contributed by atoms with Gasteiger partial charge in [0, 0.05) is 27.9 Å². The van der Waals surface area contributed by atoms with Gasteiger partial charge in [0.05, 0.1) is 11.4 Å². The SMILES string of the molecule is Cc1c(-c2cccc(-c3ccc(-c4ccc5c(c4)C(C)(C)C4=CC6c7ccccc7C7(CCCCC7)C6C=C45)cc3)c2)cc(-c2ccc(-c3ccccc3)cc2)nc1-c1ccccc1. The third kappa shape index (κ3) is 6.23. The van der Waals surface area contributed by atoms with E-state index in [1.54, 1.807) is 11.1 Å². The molecule has 0 amide bonds. The molecular weight excluding hydrogens is 771 g/mol. The highest BCUT2D eigenvalue weighted by molar-refractivity contribution is 5.93. The molecule has 1 nitrogen and oxygen atoms in total. The average molecular weight is 824 g/mol. The Morgan fingerprint density at radius 1 is 0.453 bits per heavy atom. The first-order chi connectivity index (χ1) is 31.4. The third-order valence-electron chi connectivity index (χ3n) is 15.6. The first-order valence-corrected chi connectivity index (χ1v) is 23.5. The second-order valence-electron chi connectivity index (χ2n) is 19.4. The first kappa shape index (κ1) is 38.8. The summed E-state index contributed by atoms with van der Waals surface area (Å²) in [5.74, 6) is 1.02. The minimum atomic E-state index is -0.0588. The van der Waals surface area contributed by atoms with Gasteiger partial charge in [0.15, 0.2) is 0 Å². The standard InChI is InChI=1S/C63H53N/c1-41-53(40-60(64-61(41)47-18-9-5-10-19-47)46-30-28-43(29-31-46)42-16-7-4-8-17-42)50-21-15-20-48(36-50)44-24-26-45(27-25-44)49-32-33-52-54-39-59-55(38-58(54)62(2,3)57(52)37-49)51-22-11-12-23-56(51)63(59)34-13-6-14-35-63/h4-5,7-12,15-33,36-40,55,59H,6,13-14,34-35H2,1-3H3. The summed E-state index contributed by atoms with van der Waals surface area (Å²) in [4.78, 5) is 5.31. The maximum atomic E-state index is 5.31. The largest absolute Gasteiger partial charge is 0.247 e. The Morgan fingerprint density at radius 2 is 1.02 bits per heavy atom. The summed E-state index contributed by atoms with van der Waals surface area (Å²) in [5.41, 5.74) is 24.5. The van der Waals surface area contributed by atoms with Crippen molar-refractivity contribution in [2.24, 2.45) is 5.92 Å². The van der Waals surface area contributed by atoms with Gasteiger partial charge >= 0.3 is 0 Å². The second kappa shape index (κ2) is 15.2. The fraction of sp³-hybridized carbons (Fsp3) is 0.190. The van der Waals surface area contributed by atoms with E-state index >= 15 is 0 Å². The monoisotopic (exact) mass is 823 g/mol. The second-order valence-corrected chi connectivity index (χ2v) is 19.4. The van der Waals surface area contributed by atoms with E-state index in [0.717, 1.165) is 22.5 Å². The lowest BCUT2D eigenvalue weighted by Gasteiger charge is -2.41. The Kier molecular flexibility index (Phi) is 9.20. The van der Waals surface area contributed by atoms with Gasteiger partial charge in [0.1, 0.15) is 0 Å². The van der Waals surface area contributed by atoms with Gasteiger partial charge in [0.2, 0.25) is 0 Å². The van der Waals surface area contributed by atoms with Gasteiger partial charge < -0.3 is 0 Å². The third-order valence-corrected chi connectivity index (χ3v) is 15.6. The van der Waals surface area contributed by atoms with Gasteiger partial charge in [0.25, 0.3) is 0 Å². The average Bonchev–Trinajstić information content (AvgIpc) is 3.74. The van der Waals surface area contributed by atoms with Crippen LogP contribution >= 0.6 is 0 Å². The molecular formula is C63H53N. The molecule has 0 aliphatic heterocycles. The highest BCUT2D eigenvalue weighted by Gasteiger charge is 2.53. The van der Waals surface area contributed by atoms with Crippen molar-refractivity contribution >= 4 is 5.57 Å². The molecule has 8 aromatic rings. The van der Waals surface area contributed by atoms with Crippen molar-refractivity contribution < 1.29 is 0 Å². The summed E-state index contributed by atoms with van der Waals surface area (Å²) in [7, 11) is 0. The molecule has 0 N–H and O–H groups in total. The molecule has 310 valence electrons. The van der Waals surface area contributed by atoms with Crippen molar-refractivity contribution in [1.82, 2.24) is 4.98 Å². The summed E-state index contributed by atoms with van der Waals surface area (Å²) in [6, 6.07) is 67.3. The van der Waals surface area contributed by atoms with E-state index in [9.17, 15) is 0 Å². The lowest BCUT2D eigenvalue weighted by atomic mass is 9.62. The van der Waals surface area contributed by atoms with Gasteiger partial charge in [-0.2, -0.15) is 0 Å². The molecule has 4 aliphatic carbocycles. The zero-order chi connectivity index (χ0) is 43.0. The van der Waals surface area contributed by atoms with Crippen LogP contribution in [0.15, 0.2) is 200 Å². The number of allylic oxidation sites excluding steroid dienone is 4. The predicted octanol–water partition coefficient (Wildman–Crippen LogP) is 16.6. The molecule has 1 spiro atoms. The molecule has 2 unspecified atom stereocenters. The molecule has 7 aromatic carbocycles. The molecule has 0 bridgehead atoms. The number of pyridine rings is 1. The summed E-state index contributed by atoms with van der Waals surface area (Å²) < 4.78 is 0. The van der Waals surface area contributed by atoms with Crippen LogP contribution in [-0.4, -0.2) is 4.98 Å². The normalized spacial score (nSPS) is 18.7. The van der Waals surface area contributed by atoms with Crippen molar-refractivity contribution in [2.45, 2.75) is 69.6 Å². The van der Waals surface area contributed by atoms with Crippen molar-refractivity contribution in [3.63, 3.8) is 0 Å². The van der Waals surface area contributed by atoms with Crippen LogP contribution in [0.4, 0.5) is 0 Å². The maximum Gasteiger partial charge on any atom is 0.0744 e. The maximum absolute atomic E-state index is 5.31. The van der Waals surface area contributed by atoms with Crippen LogP contribution in [-0.2, 0) is 10.8 Å². The van der Waals surface area contributed by atoms with Crippen LogP contribution in [0.2, 0.25) is 0 Å². The van der Waals surface area contributed by atoms with Gasteiger partial charge in [-0.15, -0.1) is 0 Å². The van der Waals surface area contributed by atoms with E-state index in [0.29, 0.717) is 11.8 Å². The topological polar surface area (TPSA) is 12.9 Å². The Morgan fingerprint density at radius 3 is 1.73 bits per heavy atom. The number of hydrogen-bond donors (Lipinski definition) is 0. The van der Waals surface area contributed by atoms with E-state index in [-0.39, 0.29) is 10.8 Å². The van der Waals surface area contributed by atoms with Crippen molar-refractivity contribution in [2.75, 3.05) is 0 Å². The highest BCUT2D eigenvalue weighted by atomic mass is 14.7. The van der Waals surface area contributed by atoms with Crippen LogP contribution in [0.1, 0.15) is 79.7 Å². The Bertz CT molecular complexity index is 3140. The minimum absolute atomic E-state index is 0.0588. The molecule has 2 atom stereocenters. The number of aromatic nitrogens is 1. The van der Waals surface area contributed by atoms with Crippen LogP contribution in [0.5, 0.6) is 0 Å². The number of rotatable bonds is 6. The smallest absolute Gasteiger partial charge is 0.0744 e. The zero-order valence-corrected chi connectivity index (χ0v) is 37.1. The number of hydrogen-bond acceptors (Lipinski definition) is 1.